The summed E-state index contributed by atoms with van der Waals surface area (Å²) in [7, 11) is 0. The zero-order valence-electron chi connectivity index (χ0n) is 25.1. The first-order chi connectivity index (χ1) is 22.8. The highest BCUT2D eigenvalue weighted by molar-refractivity contribution is 6.11. The zero-order valence-corrected chi connectivity index (χ0v) is 25.1. The van der Waals surface area contributed by atoms with E-state index in [4.69, 9.17) is 0 Å². The predicted octanol–water partition coefficient (Wildman–Crippen LogP) is 11.0. The van der Waals surface area contributed by atoms with Crippen molar-refractivity contribution in [3.8, 4) is 11.4 Å². The molecule has 0 atom stereocenters. The third-order valence-corrected chi connectivity index (χ3v) is 9.66. The van der Waals surface area contributed by atoms with E-state index in [0.29, 0.717) is 0 Å². The standard InChI is InChI=1S/C43H29N3/c1-7-19-38-32(13-1)33-14-2-8-20-39(33)44(38)28-29-25-30(45-40-21-9-3-15-34(40)35-16-4-10-22-41(35)45)27-31(26-29)46-42-23-11-5-17-36(42)37-18-6-12-24-43(37)46/h1-27H,28H2. The van der Waals surface area contributed by atoms with E-state index in [1.165, 1.54) is 71.0 Å². The number of hydrogen-bond acceptors (Lipinski definition) is 0. The molecule has 10 aromatic rings. The van der Waals surface area contributed by atoms with Gasteiger partial charge in [0.2, 0.25) is 0 Å². The van der Waals surface area contributed by atoms with Crippen molar-refractivity contribution in [2.45, 2.75) is 6.54 Å². The molecule has 3 aromatic heterocycles. The van der Waals surface area contributed by atoms with E-state index in [1.807, 2.05) is 0 Å². The van der Waals surface area contributed by atoms with Crippen molar-refractivity contribution in [2.75, 3.05) is 0 Å². The molecule has 0 spiro atoms. The van der Waals surface area contributed by atoms with Crippen molar-refractivity contribution < 1.29 is 0 Å². The molecule has 0 N–H and O–H groups in total. The van der Waals surface area contributed by atoms with Crippen LogP contribution in [0.2, 0.25) is 0 Å². The molecule has 0 fully saturated rings. The molecule has 10 rings (SSSR count). The molecule has 7 aromatic carbocycles. The third kappa shape index (κ3) is 3.60. The number of fused-ring (bicyclic) bond motifs is 9. The van der Waals surface area contributed by atoms with E-state index >= 15 is 0 Å². The Hall–Kier alpha value is -6.06. The van der Waals surface area contributed by atoms with E-state index in [2.05, 4.69) is 177 Å². The Labute approximate surface area is 265 Å². The lowest BCUT2D eigenvalue weighted by molar-refractivity contribution is 0.865. The lowest BCUT2D eigenvalue weighted by Crippen LogP contribution is -2.04. The van der Waals surface area contributed by atoms with Crippen LogP contribution in [0.4, 0.5) is 0 Å². The van der Waals surface area contributed by atoms with Gasteiger partial charge in [-0.1, -0.05) is 109 Å². The Morgan fingerprint density at radius 2 is 0.587 bits per heavy atom. The lowest BCUT2D eigenvalue weighted by Gasteiger charge is -2.17. The third-order valence-electron chi connectivity index (χ3n) is 9.66. The largest absolute Gasteiger partial charge is 0.336 e. The highest BCUT2D eigenvalue weighted by Crippen LogP contribution is 2.37. The molecule has 0 aliphatic rings. The van der Waals surface area contributed by atoms with E-state index in [-0.39, 0.29) is 0 Å². The molecule has 0 saturated heterocycles. The van der Waals surface area contributed by atoms with Crippen LogP contribution in [-0.2, 0) is 6.54 Å². The summed E-state index contributed by atoms with van der Waals surface area (Å²) in [4.78, 5) is 0. The molecule has 216 valence electrons. The van der Waals surface area contributed by atoms with Gasteiger partial charge >= 0.3 is 0 Å². The highest BCUT2D eigenvalue weighted by atomic mass is 15.0. The molecule has 0 saturated carbocycles. The second-order valence-corrected chi connectivity index (χ2v) is 12.2. The summed E-state index contributed by atoms with van der Waals surface area (Å²) in [6.07, 6.45) is 0. The van der Waals surface area contributed by atoms with Gasteiger partial charge in [0.15, 0.2) is 0 Å². The van der Waals surface area contributed by atoms with Gasteiger partial charge in [0.05, 0.1) is 22.1 Å². The van der Waals surface area contributed by atoms with Crippen LogP contribution in [0.15, 0.2) is 164 Å². The summed E-state index contributed by atoms with van der Waals surface area (Å²) in [5.41, 5.74) is 10.9. The quantitative estimate of drug-likeness (QED) is 0.195. The summed E-state index contributed by atoms with van der Waals surface area (Å²) in [5, 5.41) is 7.65. The van der Waals surface area contributed by atoms with Crippen LogP contribution in [-0.4, -0.2) is 13.7 Å². The van der Waals surface area contributed by atoms with Crippen molar-refractivity contribution in [1.82, 2.24) is 13.7 Å². The van der Waals surface area contributed by atoms with Gasteiger partial charge in [-0.25, -0.2) is 0 Å². The summed E-state index contributed by atoms with van der Waals surface area (Å²) in [5.74, 6) is 0. The van der Waals surface area contributed by atoms with Gasteiger partial charge in [0.1, 0.15) is 0 Å². The Bertz CT molecular complexity index is 2500. The van der Waals surface area contributed by atoms with Gasteiger partial charge in [-0.3, -0.25) is 0 Å². The number of hydrogen-bond donors (Lipinski definition) is 0. The van der Waals surface area contributed by atoms with Crippen LogP contribution >= 0.6 is 0 Å². The van der Waals surface area contributed by atoms with E-state index in [9.17, 15) is 0 Å². The maximum Gasteiger partial charge on any atom is 0.0541 e. The topological polar surface area (TPSA) is 14.8 Å². The van der Waals surface area contributed by atoms with E-state index in [1.54, 1.807) is 0 Å². The Balaban J connectivity index is 1.30. The molecule has 0 amide bonds. The number of nitrogens with zero attached hydrogens (tertiary/aromatic N) is 3. The SMILES string of the molecule is c1ccc2c(c1)c1ccccc1n2Cc1cc(-n2c3ccccc3c3ccccc32)cc(-n2c3ccccc3c3ccccc32)c1. The van der Waals surface area contributed by atoms with Crippen LogP contribution in [0.5, 0.6) is 0 Å². The molecule has 0 unspecified atom stereocenters. The summed E-state index contributed by atoms with van der Waals surface area (Å²) in [6.45, 7) is 0.753. The molecule has 0 bridgehead atoms. The predicted molar refractivity (Wildman–Crippen MR) is 194 cm³/mol. The first-order valence-corrected chi connectivity index (χ1v) is 15.9. The van der Waals surface area contributed by atoms with E-state index in [0.717, 1.165) is 17.9 Å². The minimum Gasteiger partial charge on any atom is -0.336 e. The van der Waals surface area contributed by atoms with Gasteiger partial charge in [-0.05, 0) is 60.2 Å². The van der Waals surface area contributed by atoms with Crippen molar-refractivity contribution >= 4 is 65.4 Å². The molecule has 3 heterocycles. The van der Waals surface area contributed by atoms with Crippen LogP contribution in [0, 0.1) is 0 Å². The molecule has 0 aliphatic carbocycles. The fourth-order valence-electron chi connectivity index (χ4n) is 7.76. The molecule has 0 aliphatic heterocycles. The van der Waals surface area contributed by atoms with Gasteiger partial charge in [-0.15, -0.1) is 0 Å². The van der Waals surface area contributed by atoms with Gasteiger partial charge in [0, 0.05) is 61.3 Å². The van der Waals surface area contributed by atoms with Crippen LogP contribution in [0.1, 0.15) is 5.56 Å². The Kier molecular flexibility index (Phi) is 5.34. The molecule has 46 heavy (non-hydrogen) atoms. The minimum absolute atomic E-state index is 0.753. The number of benzene rings is 7. The summed E-state index contributed by atoms with van der Waals surface area (Å²) >= 11 is 0. The monoisotopic (exact) mass is 587 g/mol. The number of aromatic nitrogens is 3. The van der Waals surface area contributed by atoms with Crippen LogP contribution < -0.4 is 0 Å². The molecule has 3 nitrogen and oxygen atoms in total. The smallest absolute Gasteiger partial charge is 0.0541 e. The fraction of sp³-hybridized carbons (Fsp3) is 0.0233. The average molecular weight is 588 g/mol. The normalized spacial score (nSPS) is 12.0. The van der Waals surface area contributed by atoms with E-state index < -0.39 is 0 Å². The minimum atomic E-state index is 0.753. The van der Waals surface area contributed by atoms with Crippen LogP contribution in [0.3, 0.4) is 0 Å². The van der Waals surface area contributed by atoms with Crippen molar-refractivity contribution in [3.05, 3.63) is 169 Å². The maximum absolute atomic E-state index is 2.48. The van der Waals surface area contributed by atoms with Crippen molar-refractivity contribution in [2.24, 2.45) is 0 Å². The number of para-hydroxylation sites is 6. The molecular weight excluding hydrogens is 558 g/mol. The molecule has 3 heteroatoms. The Morgan fingerprint density at radius 1 is 0.304 bits per heavy atom. The maximum atomic E-state index is 2.48. The Morgan fingerprint density at radius 3 is 0.935 bits per heavy atom. The van der Waals surface area contributed by atoms with Gasteiger partial charge in [0.25, 0.3) is 0 Å². The first-order valence-electron chi connectivity index (χ1n) is 15.9. The molecular formula is C43H29N3. The lowest BCUT2D eigenvalue weighted by atomic mass is 10.1. The fourth-order valence-corrected chi connectivity index (χ4v) is 7.76. The van der Waals surface area contributed by atoms with Crippen molar-refractivity contribution in [3.63, 3.8) is 0 Å². The highest BCUT2D eigenvalue weighted by Gasteiger charge is 2.18. The summed E-state index contributed by atoms with van der Waals surface area (Å²) in [6, 6.07) is 59.8. The first kappa shape index (κ1) is 25.3. The van der Waals surface area contributed by atoms with Gasteiger partial charge < -0.3 is 13.7 Å². The molecule has 0 radical (unpaired) electrons. The van der Waals surface area contributed by atoms with Gasteiger partial charge in [-0.2, -0.15) is 0 Å². The zero-order chi connectivity index (χ0) is 30.2. The second kappa shape index (κ2) is 9.72. The van der Waals surface area contributed by atoms with Crippen molar-refractivity contribution in [1.29, 1.82) is 0 Å². The second-order valence-electron chi connectivity index (χ2n) is 12.2. The van der Waals surface area contributed by atoms with Crippen LogP contribution in [0.25, 0.3) is 76.8 Å². The summed E-state index contributed by atoms with van der Waals surface area (Å²) < 4.78 is 7.36. The average Bonchev–Trinajstić information content (AvgIpc) is 3.74. The number of rotatable bonds is 4.